The summed E-state index contributed by atoms with van der Waals surface area (Å²) in [5, 5.41) is 28.6. The second-order valence-corrected chi connectivity index (χ2v) is 5.52. The van der Waals surface area contributed by atoms with Crippen molar-refractivity contribution in [2.75, 3.05) is 0 Å². The predicted molar refractivity (Wildman–Crippen MR) is 85.7 cm³/mol. The average molecular weight is 326 g/mol. The molecule has 114 valence electrons. The zero-order valence-corrected chi connectivity index (χ0v) is 12.5. The third-order valence-electron chi connectivity index (χ3n) is 2.82. The first-order chi connectivity index (χ1) is 11.0. The lowest BCUT2D eigenvalue weighted by Crippen LogP contribution is -1.96. The van der Waals surface area contributed by atoms with Crippen LogP contribution in [0.4, 0.5) is 5.69 Å². The Morgan fingerprint density at radius 3 is 2.26 bits per heavy atom. The molecule has 0 bridgehead atoms. The number of benzene rings is 2. The van der Waals surface area contributed by atoms with Crippen molar-refractivity contribution >= 4 is 29.5 Å². The van der Waals surface area contributed by atoms with Crippen LogP contribution in [0.2, 0.25) is 0 Å². The second kappa shape index (κ2) is 7.24. The van der Waals surface area contributed by atoms with Crippen molar-refractivity contribution in [3.8, 4) is 6.07 Å². The Hall–Kier alpha value is -3.11. The number of carboxylic acid groups (broad SMARTS) is 1. The minimum atomic E-state index is -1.10. The Bertz CT molecular complexity index is 805. The van der Waals surface area contributed by atoms with Crippen molar-refractivity contribution in [1.29, 1.82) is 5.26 Å². The van der Waals surface area contributed by atoms with E-state index in [1.807, 2.05) is 6.07 Å². The largest absolute Gasteiger partial charge is 0.477 e. The fourth-order valence-corrected chi connectivity index (χ4v) is 2.51. The third-order valence-corrected chi connectivity index (χ3v) is 3.84. The van der Waals surface area contributed by atoms with Gasteiger partial charge in [-0.3, -0.25) is 10.1 Å². The number of hydrogen-bond acceptors (Lipinski definition) is 5. The van der Waals surface area contributed by atoms with Crippen molar-refractivity contribution in [2.45, 2.75) is 4.90 Å². The van der Waals surface area contributed by atoms with E-state index in [1.165, 1.54) is 30.3 Å². The number of hydrogen-bond donors (Lipinski definition) is 1. The summed E-state index contributed by atoms with van der Waals surface area (Å²) >= 11 is 0.996. The number of thioether (sulfide) groups is 1. The number of nitro benzene ring substituents is 1. The smallest absolute Gasteiger partial charge is 0.342 e. The summed E-state index contributed by atoms with van der Waals surface area (Å²) in [5.74, 6) is -1.10. The van der Waals surface area contributed by atoms with Crippen LogP contribution >= 0.6 is 11.8 Å². The van der Waals surface area contributed by atoms with E-state index < -0.39 is 10.9 Å². The molecule has 1 N–H and O–H groups in total. The normalized spacial score (nSPS) is 10.8. The average Bonchev–Trinajstić information content (AvgIpc) is 2.55. The highest BCUT2D eigenvalue weighted by Gasteiger charge is 2.11. The van der Waals surface area contributed by atoms with Crippen LogP contribution in [-0.4, -0.2) is 16.0 Å². The number of aliphatic carboxylic acids is 1. The molecule has 0 heterocycles. The van der Waals surface area contributed by atoms with Gasteiger partial charge >= 0.3 is 5.97 Å². The van der Waals surface area contributed by atoms with Gasteiger partial charge in [0.1, 0.15) is 0 Å². The van der Waals surface area contributed by atoms with E-state index in [-0.39, 0.29) is 10.6 Å². The molecule has 0 saturated heterocycles. The van der Waals surface area contributed by atoms with E-state index in [0.717, 1.165) is 11.8 Å². The fourth-order valence-electron chi connectivity index (χ4n) is 1.70. The quantitative estimate of drug-likeness (QED) is 0.389. The number of nitro groups is 1. The summed E-state index contributed by atoms with van der Waals surface area (Å²) in [6.45, 7) is 0. The highest BCUT2D eigenvalue weighted by atomic mass is 32.2. The zero-order valence-electron chi connectivity index (χ0n) is 11.7. The molecule has 0 aliphatic rings. The molecule has 0 fully saturated rings. The lowest BCUT2D eigenvalue weighted by atomic mass is 10.1. The minimum Gasteiger partial charge on any atom is -0.477 e. The third kappa shape index (κ3) is 4.43. The summed E-state index contributed by atoms with van der Waals surface area (Å²) in [6, 6.07) is 14.1. The van der Waals surface area contributed by atoms with E-state index in [9.17, 15) is 20.0 Å². The maximum atomic E-state index is 11.4. The molecule has 6 nitrogen and oxygen atoms in total. The predicted octanol–water partition coefficient (Wildman–Crippen LogP) is 3.68. The number of non-ortho nitro benzene ring substituents is 1. The van der Waals surface area contributed by atoms with E-state index >= 15 is 0 Å². The number of nitriles is 1. The van der Waals surface area contributed by atoms with Crippen molar-refractivity contribution in [2.24, 2.45) is 0 Å². The Labute approximate surface area is 135 Å². The van der Waals surface area contributed by atoms with Crippen LogP contribution in [0.1, 0.15) is 11.1 Å². The fraction of sp³-hybridized carbons (Fsp3) is 0. The molecule has 0 amide bonds. The maximum Gasteiger partial charge on any atom is 0.342 e. The van der Waals surface area contributed by atoms with Gasteiger partial charge in [-0.2, -0.15) is 5.26 Å². The molecule has 0 unspecified atom stereocenters. The van der Waals surface area contributed by atoms with Crippen molar-refractivity contribution in [3.63, 3.8) is 0 Å². The van der Waals surface area contributed by atoms with E-state index in [0.29, 0.717) is 16.0 Å². The summed E-state index contributed by atoms with van der Waals surface area (Å²) in [4.78, 5) is 22.1. The van der Waals surface area contributed by atoms with Crippen LogP contribution in [0.5, 0.6) is 0 Å². The SMILES string of the molecule is N#Cc1ccc(/C=C(\Sc2ccc([N+](=O)[O-])cc2)C(=O)O)cc1. The minimum absolute atomic E-state index is 0.0534. The van der Waals surface area contributed by atoms with Gasteiger partial charge in [-0.15, -0.1) is 0 Å². The van der Waals surface area contributed by atoms with Crippen molar-refractivity contribution in [1.82, 2.24) is 0 Å². The van der Waals surface area contributed by atoms with Gasteiger partial charge in [0, 0.05) is 17.0 Å². The van der Waals surface area contributed by atoms with Crippen LogP contribution < -0.4 is 0 Å². The van der Waals surface area contributed by atoms with Crippen molar-refractivity contribution < 1.29 is 14.8 Å². The Balaban J connectivity index is 2.24. The Morgan fingerprint density at radius 2 is 1.78 bits per heavy atom. The molecule has 0 aromatic heterocycles. The lowest BCUT2D eigenvalue weighted by molar-refractivity contribution is -0.384. The van der Waals surface area contributed by atoms with Gasteiger partial charge in [-0.05, 0) is 35.9 Å². The number of rotatable bonds is 5. The standard InChI is InChI=1S/C16H10N2O4S/c17-10-12-3-1-11(2-4-12)9-15(16(19)20)23-14-7-5-13(6-8-14)18(21)22/h1-9H,(H,19,20)/b15-9-. The van der Waals surface area contributed by atoms with E-state index in [2.05, 4.69) is 0 Å². The molecule has 2 aromatic rings. The molecule has 0 saturated carbocycles. The first kappa shape index (κ1) is 16.3. The summed E-state index contributed by atoms with van der Waals surface area (Å²) in [5.41, 5.74) is 1.08. The first-order valence-corrected chi connectivity index (χ1v) is 7.18. The molecular weight excluding hydrogens is 316 g/mol. The van der Waals surface area contributed by atoms with Crippen LogP contribution in [-0.2, 0) is 4.79 Å². The zero-order chi connectivity index (χ0) is 16.8. The van der Waals surface area contributed by atoms with Gasteiger partial charge in [0.15, 0.2) is 0 Å². The number of carbonyl (C=O) groups is 1. The molecule has 7 heteroatoms. The highest BCUT2D eigenvalue weighted by molar-refractivity contribution is 8.04. The first-order valence-electron chi connectivity index (χ1n) is 6.37. The molecule has 0 radical (unpaired) electrons. The molecule has 0 aliphatic carbocycles. The van der Waals surface area contributed by atoms with Crippen LogP contribution in [0.3, 0.4) is 0 Å². The number of carboxylic acids is 1. The van der Waals surface area contributed by atoms with Gasteiger partial charge in [0.25, 0.3) is 5.69 Å². The van der Waals surface area contributed by atoms with Gasteiger partial charge in [-0.25, -0.2) is 4.79 Å². The summed E-state index contributed by atoms with van der Waals surface area (Å²) < 4.78 is 0. The molecule has 2 rings (SSSR count). The van der Waals surface area contributed by atoms with Gasteiger partial charge < -0.3 is 5.11 Å². The highest BCUT2D eigenvalue weighted by Crippen LogP contribution is 2.29. The molecule has 0 spiro atoms. The lowest BCUT2D eigenvalue weighted by Gasteiger charge is -2.03. The van der Waals surface area contributed by atoms with Crippen LogP contribution in [0.25, 0.3) is 6.08 Å². The second-order valence-electron chi connectivity index (χ2n) is 4.40. The van der Waals surface area contributed by atoms with Gasteiger partial charge in [0.05, 0.1) is 21.5 Å². The van der Waals surface area contributed by atoms with Gasteiger partial charge in [0.2, 0.25) is 0 Å². The molecule has 0 atom stereocenters. The van der Waals surface area contributed by atoms with E-state index in [4.69, 9.17) is 5.26 Å². The summed E-state index contributed by atoms with van der Waals surface area (Å²) in [6.07, 6.45) is 1.48. The maximum absolute atomic E-state index is 11.4. The summed E-state index contributed by atoms with van der Waals surface area (Å²) in [7, 11) is 0. The molecule has 23 heavy (non-hydrogen) atoms. The Kier molecular flexibility index (Phi) is 5.12. The van der Waals surface area contributed by atoms with Crippen molar-refractivity contribution in [3.05, 3.63) is 74.7 Å². The van der Waals surface area contributed by atoms with Gasteiger partial charge in [-0.1, -0.05) is 23.9 Å². The van der Waals surface area contributed by atoms with E-state index in [1.54, 1.807) is 24.3 Å². The number of nitrogens with zero attached hydrogens (tertiary/aromatic N) is 2. The molecule has 2 aromatic carbocycles. The topological polar surface area (TPSA) is 104 Å². The monoisotopic (exact) mass is 326 g/mol. The van der Waals surface area contributed by atoms with Crippen LogP contribution in [0, 0.1) is 21.4 Å². The molecular formula is C16H10N2O4S. The molecule has 0 aliphatic heterocycles. The Morgan fingerprint density at radius 1 is 1.17 bits per heavy atom. The van der Waals surface area contributed by atoms with Crippen LogP contribution in [0.15, 0.2) is 58.3 Å².